The molecule has 3 aromatic heterocycles. The van der Waals surface area contributed by atoms with Gasteiger partial charge in [0.1, 0.15) is 17.1 Å². The molecule has 0 unspecified atom stereocenters. The van der Waals surface area contributed by atoms with Crippen LogP contribution in [0.1, 0.15) is 54.5 Å². The van der Waals surface area contributed by atoms with Crippen LogP contribution in [0.25, 0.3) is 17.0 Å². The maximum absolute atomic E-state index is 13.1. The van der Waals surface area contributed by atoms with Gasteiger partial charge in [-0.1, -0.05) is 17.3 Å². The summed E-state index contributed by atoms with van der Waals surface area (Å²) in [7, 11) is 0. The number of hydrogen-bond donors (Lipinski definition) is 1. The molecule has 158 valence electrons. The second-order valence-corrected chi connectivity index (χ2v) is 8.12. The van der Waals surface area contributed by atoms with Gasteiger partial charge < -0.3 is 14.6 Å². The van der Waals surface area contributed by atoms with Crippen molar-refractivity contribution in [3.63, 3.8) is 0 Å². The van der Waals surface area contributed by atoms with Crippen LogP contribution >= 0.6 is 0 Å². The minimum Gasteiger partial charge on any atom is -0.489 e. The van der Waals surface area contributed by atoms with Crippen molar-refractivity contribution in [2.45, 2.75) is 45.6 Å². The fourth-order valence-electron chi connectivity index (χ4n) is 3.40. The Labute approximate surface area is 179 Å². The van der Waals surface area contributed by atoms with Gasteiger partial charge in [-0.2, -0.15) is 4.98 Å². The first-order chi connectivity index (χ1) is 15.0. The van der Waals surface area contributed by atoms with Crippen LogP contribution in [0.4, 0.5) is 5.69 Å². The summed E-state index contributed by atoms with van der Waals surface area (Å²) in [6, 6.07) is 9.40. The SMILES string of the molecule is Cc1ccc(-c2noc(C3CC3)n2)cc1NC(=O)c1cnc2ccc(OC(C)C)cn12. The lowest BCUT2D eigenvalue weighted by atomic mass is 10.1. The number of nitrogens with zero attached hydrogens (tertiary/aromatic N) is 4. The third kappa shape index (κ3) is 3.88. The van der Waals surface area contributed by atoms with Gasteiger partial charge >= 0.3 is 0 Å². The molecule has 1 amide bonds. The largest absolute Gasteiger partial charge is 0.489 e. The molecule has 5 rings (SSSR count). The van der Waals surface area contributed by atoms with Gasteiger partial charge in [0.2, 0.25) is 11.7 Å². The molecule has 1 aliphatic rings. The van der Waals surface area contributed by atoms with E-state index in [2.05, 4.69) is 20.4 Å². The first kappa shape index (κ1) is 19.3. The van der Waals surface area contributed by atoms with Crippen molar-refractivity contribution in [1.29, 1.82) is 0 Å². The topological polar surface area (TPSA) is 94.6 Å². The van der Waals surface area contributed by atoms with Gasteiger partial charge in [0.05, 0.1) is 18.5 Å². The molecule has 3 heterocycles. The van der Waals surface area contributed by atoms with Crippen LogP contribution in [0.15, 0.2) is 47.2 Å². The number of ether oxygens (including phenoxy) is 1. The van der Waals surface area contributed by atoms with Crippen LogP contribution in [0.5, 0.6) is 5.75 Å². The third-order valence-electron chi connectivity index (χ3n) is 5.20. The molecule has 1 saturated carbocycles. The van der Waals surface area contributed by atoms with Gasteiger partial charge in [-0.25, -0.2) is 4.98 Å². The number of aromatic nitrogens is 4. The standard InChI is InChI=1S/C23H23N5O3/c1-13(2)30-17-8-9-20-24-11-19(28(20)12-17)22(29)25-18-10-16(5-4-14(18)3)21-26-23(31-27-21)15-6-7-15/h4-5,8-13,15H,6-7H2,1-3H3,(H,25,29). The molecule has 8 nitrogen and oxygen atoms in total. The van der Waals surface area contributed by atoms with Crippen molar-refractivity contribution < 1.29 is 14.1 Å². The molecule has 0 radical (unpaired) electrons. The average molecular weight is 417 g/mol. The number of aryl methyl sites for hydroxylation is 1. The van der Waals surface area contributed by atoms with Gasteiger partial charge in [0.25, 0.3) is 5.91 Å². The summed E-state index contributed by atoms with van der Waals surface area (Å²) >= 11 is 0. The number of hydrogen-bond acceptors (Lipinski definition) is 6. The molecular formula is C23H23N5O3. The molecule has 1 fully saturated rings. The van der Waals surface area contributed by atoms with Crippen molar-refractivity contribution in [2.24, 2.45) is 0 Å². The average Bonchev–Trinajstić information content (AvgIpc) is 3.31. The van der Waals surface area contributed by atoms with Crippen molar-refractivity contribution in [3.8, 4) is 17.1 Å². The summed E-state index contributed by atoms with van der Waals surface area (Å²) < 4.78 is 12.8. The number of fused-ring (bicyclic) bond motifs is 1. The number of pyridine rings is 1. The van der Waals surface area contributed by atoms with E-state index >= 15 is 0 Å². The summed E-state index contributed by atoms with van der Waals surface area (Å²) in [4.78, 5) is 21.9. The highest BCUT2D eigenvalue weighted by atomic mass is 16.5. The zero-order valence-corrected chi connectivity index (χ0v) is 17.6. The van der Waals surface area contributed by atoms with Gasteiger partial charge in [-0.3, -0.25) is 9.20 Å². The van der Waals surface area contributed by atoms with Gasteiger partial charge in [0, 0.05) is 17.2 Å². The minimum atomic E-state index is -0.263. The molecule has 8 heteroatoms. The van der Waals surface area contributed by atoms with E-state index in [4.69, 9.17) is 9.26 Å². The summed E-state index contributed by atoms with van der Waals surface area (Å²) in [5.74, 6) is 2.03. The molecular weight excluding hydrogens is 394 g/mol. The van der Waals surface area contributed by atoms with Crippen LogP contribution < -0.4 is 10.1 Å². The Hall–Kier alpha value is -3.68. The molecule has 1 aliphatic carbocycles. The van der Waals surface area contributed by atoms with E-state index in [1.54, 1.807) is 16.8 Å². The quantitative estimate of drug-likeness (QED) is 0.492. The normalized spacial score (nSPS) is 13.7. The van der Waals surface area contributed by atoms with Crippen molar-refractivity contribution in [2.75, 3.05) is 5.32 Å². The van der Waals surface area contributed by atoms with E-state index in [0.29, 0.717) is 40.4 Å². The Morgan fingerprint density at radius 1 is 1.26 bits per heavy atom. The molecule has 0 aliphatic heterocycles. The highest BCUT2D eigenvalue weighted by Gasteiger charge is 2.29. The monoisotopic (exact) mass is 417 g/mol. The lowest BCUT2D eigenvalue weighted by Gasteiger charge is -2.11. The fraction of sp³-hybridized carbons (Fsp3) is 0.304. The fourth-order valence-corrected chi connectivity index (χ4v) is 3.40. The summed E-state index contributed by atoms with van der Waals surface area (Å²) in [6.07, 6.45) is 5.57. The van der Waals surface area contributed by atoms with E-state index in [-0.39, 0.29) is 12.0 Å². The van der Waals surface area contributed by atoms with Crippen LogP contribution in [0.3, 0.4) is 0 Å². The van der Waals surface area contributed by atoms with Gasteiger partial charge in [-0.15, -0.1) is 0 Å². The van der Waals surface area contributed by atoms with Crippen LogP contribution in [-0.4, -0.2) is 31.5 Å². The number of amides is 1. The molecule has 0 atom stereocenters. The number of rotatable bonds is 6. The predicted octanol–water partition coefficient (Wildman–Crippen LogP) is 4.61. The molecule has 1 aromatic carbocycles. The van der Waals surface area contributed by atoms with Gasteiger partial charge in [0.15, 0.2) is 0 Å². The first-order valence-corrected chi connectivity index (χ1v) is 10.4. The van der Waals surface area contributed by atoms with E-state index in [9.17, 15) is 4.79 Å². The number of carbonyl (C=O) groups excluding carboxylic acids is 1. The Morgan fingerprint density at radius 2 is 2.10 bits per heavy atom. The molecule has 31 heavy (non-hydrogen) atoms. The summed E-state index contributed by atoms with van der Waals surface area (Å²) in [5, 5.41) is 7.09. The summed E-state index contributed by atoms with van der Waals surface area (Å²) in [6.45, 7) is 5.85. The molecule has 0 saturated heterocycles. The van der Waals surface area contributed by atoms with Crippen molar-refractivity contribution in [1.82, 2.24) is 19.5 Å². The molecule has 0 bridgehead atoms. The zero-order valence-electron chi connectivity index (χ0n) is 17.6. The summed E-state index contributed by atoms with van der Waals surface area (Å²) in [5.41, 5.74) is 3.50. The Bertz CT molecular complexity index is 1270. The van der Waals surface area contributed by atoms with E-state index in [0.717, 1.165) is 24.0 Å². The second kappa shape index (κ2) is 7.54. The zero-order chi connectivity index (χ0) is 21.5. The molecule has 1 N–H and O–H groups in total. The molecule has 0 spiro atoms. The van der Waals surface area contributed by atoms with E-state index < -0.39 is 0 Å². The number of anilines is 1. The number of carbonyl (C=O) groups is 1. The number of nitrogens with one attached hydrogen (secondary N) is 1. The van der Waals surface area contributed by atoms with E-state index in [1.807, 2.05) is 51.1 Å². The number of benzene rings is 1. The minimum absolute atomic E-state index is 0.0363. The van der Waals surface area contributed by atoms with Crippen LogP contribution in [0, 0.1) is 6.92 Å². The van der Waals surface area contributed by atoms with E-state index in [1.165, 1.54) is 0 Å². The lowest BCUT2D eigenvalue weighted by molar-refractivity contribution is 0.102. The highest BCUT2D eigenvalue weighted by molar-refractivity contribution is 6.04. The van der Waals surface area contributed by atoms with Crippen molar-refractivity contribution >= 4 is 17.2 Å². The smallest absolute Gasteiger partial charge is 0.274 e. The highest BCUT2D eigenvalue weighted by Crippen LogP contribution is 2.39. The Kier molecular flexibility index (Phi) is 4.69. The second-order valence-electron chi connectivity index (χ2n) is 8.12. The maximum Gasteiger partial charge on any atom is 0.274 e. The van der Waals surface area contributed by atoms with Gasteiger partial charge in [-0.05, 0) is 57.4 Å². The number of imidazole rings is 1. The van der Waals surface area contributed by atoms with Crippen molar-refractivity contribution in [3.05, 3.63) is 59.9 Å². The molecule has 4 aromatic rings. The van der Waals surface area contributed by atoms with Crippen LogP contribution in [0.2, 0.25) is 0 Å². The third-order valence-corrected chi connectivity index (χ3v) is 5.20. The first-order valence-electron chi connectivity index (χ1n) is 10.4. The van der Waals surface area contributed by atoms with Crippen LogP contribution in [-0.2, 0) is 0 Å². The predicted molar refractivity (Wildman–Crippen MR) is 115 cm³/mol. The Morgan fingerprint density at radius 3 is 2.87 bits per heavy atom. The lowest BCUT2D eigenvalue weighted by Crippen LogP contribution is -2.15. The Balaban J connectivity index is 1.42. The maximum atomic E-state index is 13.1.